The van der Waals surface area contributed by atoms with Gasteiger partial charge in [0.15, 0.2) is 0 Å². The number of ether oxygens (including phenoxy) is 3. The largest absolute Gasteiger partial charge is 0.399 e. The zero-order valence-electron chi connectivity index (χ0n) is 15.8. The van der Waals surface area contributed by atoms with Crippen molar-refractivity contribution in [3.05, 3.63) is 63.6 Å². The Balaban J connectivity index is 1.89. The zero-order chi connectivity index (χ0) is 19.7. The quantitative estimate of drug-likeness (QED) is 0.689. The minimum absolute atomic E-state index is 0.190. The first-order valence-corrected chi connectivity index (χ1v) is 9.68. The summed E-state index contributed by atoms with van der Waals surface area (Å²) in [5.74, 6) is -0.996. The first-order chi connectivity index (χ1) is 12.7. The molecule has 146 valence electrons. The molecule has 0 radical (unpaired) electrons. The van der Waals surface area contributed by atoms with Gasteiger partial charge in [-0.05, 0) is 50.6 Å². The molecule has 6 heteroatoms. The number of hydrogen-bond donors (Lipinski definition) is 1. The molecule has 2 aromatic rings. The van der Waals surface area contributed by atoms with E-state index in [9.17, 15) is 0 Å². The summed E-state index contributed by atoms with van der Waals surface area (Å²) in [5.41, 5.74) is 8.06. The molecular formula is C21H25Cl2NO3. The molecule has 1 fully saturated rings. The van der Waals surface area contributed by atoms with E-state index in [1.165, 1.54) is 0 Å². The molecule has 2 unspecified atom stereocenters. The van der Waals surface area contributed by atoms with Crippen LogP contribution in [0.1, 0.15) is 31.9 Å². The molecule has 1 heterocycles. The second-order valence-corrected chi connectivity index (χ2v) is 8.61. The minimum Gasteiger partial charge on any atom is -0.399 e. The molecule has 1 aliphatic heterocycles. The second kappa shape index (κ2) is 7.98. The van der Waals surface area contributed by atoms with E-state index in [0.717, 1.165) is 11.1 Å². The molecule has 27 heavy (non-hydrogen) atoms. The number of anilines is 1. The lowest BCUT2D eigenvalue weighted by atomic mass is 9.97. The van der Waals surface area contributed by atoms with Crippen LogP contribution in [-0.2, 0) is 26.4 Å². The topological polar surface area (TPSA) is 53.7 Å². The molecule has 0 saturated carbocycles. The van der Waals surface area contributed by atoms with Crippen LogP contribution in [0.2, 0.25) is 10.0 Å². The molecule has 0 amide bonds. The van der Waals surface area contributed by atoms with Crippen LogP contribution in [0.25, 0.3) is 0 Å². The van der Waals surface area contributed by atoms with Crippen molar-refractivity contribution >= 4 is 28.9 Å². The van der Waals surface area contributed by atoms with Crippen molar-refractivity contribution < 1.29 is 14.2 Å². The van der Waals surface area contributed by atoms with Gasteiger partial charge in [-0.25, -0.2) is 0 Å². The van der Waals surface area contributed by atoms with Crippen molar-refractivity contribution in [3.63, 3.8) is 0 Å². The van der Waals surface area contributed by atoms with Crippen molar-refractivity contribution in [1.82, 2.24) is 0 Å². The molecular weight excluding hydrogens is 385 g/mol. The van der Waals surface area contributed by atoms with Gasteiger partial charge in [-0.1, -0.05) is 41.4 Å². The average Bonchev–Trinajstić information content (AvgIpc) is 2.98. The molecule has 2 aromatic carbocycles. The van der Waals surface area contributed by atoms with Gasteiger partial charge in [-0.3, -0.25) is 0 Å². The average molecular weight is 410 g/mol. The predicted molar refractivity (Wildman–Crippen MR) is 109 cm³/mol. The van der Waals surface area contributed by atoms with E-state index in [4.69, 9.17) is 43.1 Å². The highest BCUT2D eigenvalue weighted by Crippen LogP contribution is 2.41. The molecule has 0 spiro atoms. The lowest BCUT2D eigenvalue weighted by molar-refractivity contribution is -0.185. The molecule has 4 nitrogen and oxygen atoms in total. The monoisotopic (exact) mass is 409 g/mol. The van der Waals surface area contributed by atoms with Crippen LogP contribution in [0.5, 0.6) is 0 Å². The third-order valence-electron chi connectivity index (χ3n) is 4.32. The SMILES string of the molecule is CC(C)(C)OCC1COC(Cc2ccc(N)cc2)(c2ccc(Cl)cc2Cl)O1. The highest BCUT2D eigenvalue weighted by Gasteiger charge is 2.45. The Hall–Kier alpha value is -1.30. The maximum atomic E-state index is 6.49. The number of nitrogen functional groups attached to an aromatic ring is 1. The lowest BCUT2D eigenvalue weighted by Gasteiger charge is -2.30. The van der Waals surface area contributed by atoms with Gasteiger partial charge in [-0.2, -0.15) is 0 Å². The van der Waals surface area contributed by atoms with Crippen molar-refractivity contribution in [1.29, 1.82) is 0 Å². The van der Waals surface area contributed by atoms with Crippen LogP contribution in [0.15, 0.2) is 42.5 Å². The Bertz CT molecular complexity index is 789. The van der Waals surface area contributed by atoms with Gasteiger partial charge in [0.2, 0.25) is 5.79 Å². The zero-order valence-corrected chi connectivity index (χ0v) is 17.3. The first-order valence-electron chi connectivity index (χ1n) is 8.93. The van der Waals surface area contributed by atoms with Gasteiger partial charge >= 0.3 is 0 Å². The molecule has 2 atom stereocenters. The fourth-order valence-electron chi connectivity index (χ4n) is 3.02. The van der Waals surface area contributed by atoms with Crippen LogP contribution in [0.3, 0.4) is 0 Å². The van der Waals surface area contributed by atoms with Crippen molar-refractivity contribution in [2.75, 3.05) is 18.9 Å². The summed E-state index contributed by atoms with van der Waals surface area (Å²) >= 11 is 12.6. The summed E-state index contributed by atoms with van der Waals surface area (Å²) in [6.45, 7) is 6.91. The standard InChI is InChI=1S/C21H25Cl2NO3/c1-20(2,3)25-12-17-13-26-21(27-17,11-14-4-7-16(24)8-5-14)18-9-6-15(22)10-19(18)23/h4-10,17H,11-13,24H2,1-3H3. The van der Waals surface area contributed by atoms with E-state index in [1.807, 2.05) is 51.1 Å². The lowest BCUT2D eigenvalue weighted by Crippen LogP contribution is -2.33. The minimum atomic E-state index is -0.996. The molecule has 2 N–H and O–H groups in total. The highest BCUT2D eigenvalue weighted by atomic mass is 35.5. The number of benzene rings is 2. The van der Waals surface area contributed by atoms with Gasteiger partial charge in [0.05, 0.1) is 23.8 Å². The Labute approximate surface area is 170 Å². The van der Waals surface area contributed by atoms with Gasteiger partial charge in [0, 0.05) is 22.7 Å². The van der Waals surface area contributed by atoms with Gasteiger partial charge in [0.1, 0.15) is 6.10 Å². The smallest absolute Gasteiger partial charge is 0.200 e. The summed E-state index contributed by atoms with van der Waals surface area (Å²) in [5, 5.41) is 1.08. The van der Waals surface area contributed by atoms with Crippen molar-refractivity contribution in [3.8, 4) is 0 Å². The molecule has 0 aromatic heterocycles. The molecule has 0 bridgehead atoms. The maximum absolute atomic E-state index is 6.49. The number of halogens is 2. The Morgan fingerprint density at radius 2 is 1.85 bits per heavy atom. The van der Waals surface area contributed by atoms with Gasteiger partial charge in [0.25, 0.3) is 0 Å². The van der Waals surface area contributed by atoms with Crippen molar-refractivity contribution in [2.24, 2.45) is 0 Å². The fraction of sp³-hybridized carbons (Fsp3) is 0.429. The summed E-state index contributed by atoms with van der Waals surface area (Å²) in [6.07, 6.45) is 0.311. The summed E-state index contributed by atoms with van der Waals surface area (Å²) in [7, 11) is 0. The van der Waals surface area contributed by atoms with E-state index in [-0.39, 0.29) is 11.7 Å². The molecule has 0 aliphatic carbocycles. The Kier molecular flexibility index (Phi) is 6.04. The van der Waals surface area contributed by atoms with Crippen molar-refractivity contribution in [2.45, 2.75) is 44.7 Å². The van der Waals surface area contributed by atoms with E-state index in [1.54, 1.807) is 12.1 Å². The van der Waals surface area contributed by atoms with Crippen LogP contribution in [-0.4, -0.2) is 24.9 Å². The summed E-state index contributed by atoms with van der Waals surface area (Å²) in [6, 6.07) is 13.0. The van der Waals surface area contributed by atoms with Gasteiger partial charge in [-0.15, -0.1) is 0 Å². The molecule has 3 rings (SSSR count). The van der Waals surface area contributed by atoms with E-state index >= 15 is 0 Å². The van der Waals surface area contributed by atoms with E-state index in [0.29, 0.717) is 35.4 Å². The normalized spacial score (nSPS) is 22.9. The third-order valence-corrected chi connectivity index (χ3v) is 4.87. The Morgan fingerprint density at radius 3 is 2.48 bits per heavy atom. The highest BCUT2D eigenvalue weighted by molar-refractivity contribution is 6.35. The summed E-state index contributed by atoms with van der Waals surface area (Å²) in [4.78, 5) is 0. The first kappa shape index (κ1) is 20.4. The van der Waals surface area contributed by atoms with Crippen LogP contribution < -0.4 is 5.73 Å². The number of nitrogens with two attached hydrogens (primary N) is 1. The van der Waals surface area contributed by atoms with Crippen LogP contribution >= 0.6 is 23.2 Å². The molecule has 1 saturated heterocycles. The predicted octanol–water partition coefficient (Wildman–Crippen LogP) is 5.20. The third kappa shape index (κ3) is 5.15. The Morgan fingerprint density at radius 1 is 1.15 bits per heavy atom. The summed E-state index contributed by atoms with van der Waals surface area (Å²) < 4.78 is 18.5. The van der Waals surface area contributed by atoms with E-state index < -0.39 is 5.79 Å². The maximum Gasteiger partial charge on any atom is 0.200 e. The molecule has 1 aliphatic rings. The fourth-order valence-corrected chi connectivity index (χ4v) is 3.57. The van der Waals surface area contributed by atoms with Crippen LogP contribution in [0, 0.1) is 0 Å². The number of rotatable bonds is 5. The van der Waals surface area contributed by atoms with E-state index in [2.05, 4.69) is 0 Å². The van der Waals surface area contributed by atoms with Gasteiger partial charge < -0.3 is 19.9 Å². The van der Waals surface area contributed by atoms with Crippen LogP contribution in [0.4, 0.5) is 5.69 Å². The second-order valence-electron chi connectivity index (χ2n) is 7.77. The number of hydrogen-bond acceptors (Lipinski definition) is 4.